The Balaban J connectivity index is 2.01. The lowest BCUT2D eigenvalue weighted by Crippen LogP contribution is -2.32. The Morgan fingerprint density at radius 2 is 1.81 bits per heavy atom. The third kappa shape index (κ3) is 4.39. The van der Waals surface area contributed by atoms with Crippen LogP contribution < -0.4 is 4.31 Å². The molecule has 0 aromatic heterocycles. The topological polar surface area (TPSA) is 63.7 Å². The maximum atomic E-state index is 12.2. The number of carbonyl (C=O) groups is 1. The first-order valence-electron chi connectivity index (χ1n) is 8.66. The number of carbonyl (C=O) groups excluding carboxylic acids is 1. The van der Waals surface area contributed by atoms with Gasteiger partial charge < -0.3 is 4.74 Å². The molecular weight excluding hydrogens is 362 g/mol. The van der Waals surface area contributed by atoms with Crippen LogP contribution in [0.5, 0.6) is 0 Å². The number of hydrogen-bond acceptors (Lipinski definition) is 4. The van der Waals surface area contributed by atoms with E-state index in [4.69, 9.17) is 4.74 Å². The van der Waals surface area contributed by atoms with Crippen LogP contribution in [0, 0.1) is 0 Å². The summed E-state index contributed by atoms with van der Waals surface area (Å²) in [6, 6.07) is 13.2. The Morgan fingerprint density at radius 3 is 2.48 bits per heavy atom. The van der Waals surface area contributed by atoms with Gasteiger partial charge in [-0.3, -0.25) is 4.31 Å². The Hall–Kier alpha value is -2.60. The van der Waals surface area contributed by atoms with Crippen LogP contribution in [-0.4, -0.2) is 26.2 Å². The molecule has 0 fully saturated rings. The van der Waals surface area contributed by atoms with E-state index < -0.39 is 21.6 Å². The molecule has 1 heterocycles. The number of esters is 1. The third-order valence-corrected chi connectivity index (χ3v) is 5.26. The van der Waals surface area contributed by atoms with E-state index in [0.29, 0.717) is 12.2 Å². The predicted octanol–water partition coefficient (Wildman–Crippen LogP) is 3.99. The van der Waals surface area contributed by atoms with E-state index in [2.05, 4.69) is 0 Å². The molecule has 27 heavy (non-hydrogen) atoms. The van der Waals surface area contributed by atoms with Gasteiger partial charge >= 0.3 is 5.97 Å². The van der Waals surface area contributed by atoms with Crippen LogP contribution >= 0.6 is 0 Å². The molecule has 2 aromatic carbocycles. The summed E-state index contributed by atoms with van der Waals surface area (Å²) in [5.41, 5.74) is 3.67. The number of rotatable bonds is 3. The molecular formula is C21H23NO4S. The summed E-state index contributed by atoms with van der Waals surface area (Å²) in [5, 5.41) is 0. The first kappa shape index (κ1) is 19.2. The molecule has 0 N–H and O–H groups in total. The van der Waals surface area contributed by atoms with Gasteiger partial charge in [-0.2, -0.15) is 0 Å². The maximum Gasteiger partial charge on any atom is 0.331 e. The van der Waals surface area contributed by atoms with Crippen molar-refractivity contribution in [1.82, 2.24) is 0 Å². The second-order valence-corrected chi connectivity index (χ2v) is 9.48. The molecule has 0 radical (unpaired) electrons. The molecule has 2 aromatic rings. The fraction of sp³-hybridized carbons (Fsp3) is 0.286. The van der Waals surface area contributed by atoms with Gasteiger partial charge in [0.1, 0.15) is 5.60 Å². The van der Waals surface area contributed by atoms with Crippen LogP contribution in [0.15, 0.2) is 48.5 Å². The van der Waals surface area contributed by atoms with Crippen LogP contribution in [0.3, 0.4) is 0 Å². The van der Waals surface area contributed by atoms with Gasteiger partial charge in [-0.05, 0) is 55.7 Å². The van der Waals surface area contributed by atoms with Crippen molar-refractivity contribution in [3.05, 3.63) is 59.7 Å². The highest BCUT2D eigenvalue weighted by Crippen LogP contribution is 2.40. The number of anilines is 1. The molecule has 6 heteroatoms. The third-order valence-electron chi connectivity index (χ3n) is 4.13. The molecule has 0 amide bonds. The lowest BCUT2D eigenvalue weighted by atomic mass is 9.93. The first-order chi connectivity index (χ1) is 12.5. The summed E-state index contributed by atoms with van der Waals surface area (Å²) in [6.07, 6.45) is 4.27. The number of sulfonamides is 1. The maximum absolute atomic E-state index is 12.2. The number of benzene rings is 2. The van der Waals surface area contributed by atoms with Gasteiger partial charge in [0.2, 0.25) is 10.0 Å². The van der Waals surface area contributed by atoms with Gasteiger partial charge in [-0.15, -0.1) is 0 Å². The van der Waals surface area contributed by atoms with E-state index in [1.54, 1.807) is 18.2 Å². The zero-order valence-electron chi connectivity index (χ0n) is 15.9. The average molecular weight is 385 g/mol. The van der Waals surface area contributed by atoms with E-state index in [0.717, 1.165) is 22.3 Å². The average Bonchev–Trinajstić information content (AvgIpc) is 2.56. The van der Waals surface area contributed by atoms with Crippen molar-refractivity contribution in [2.45, 2.75) is 32.9 Å². The molecule has 0 saturated heterocycles. The fourth-order valence-electron chi connectivity index (χ4n) is 3.05. The summed E-state index contributed by atoms with van der Waals surface area (Å²) in [6.45, 7) is 5.76. The highest BCUT2D eigenvalue weighted by molar-refractivity contribution is 7.92. The van der Waals surface area contributed by atoms with Crippen molar-refractivity contribution in [2.75, 3.05) is 10.6 Å². The van der Waals surface area contributed by atoms with Gasteiger partial charge in [0, 0.05) is 11.6 Å². The first-order valence-corrected chi connectivity index (χ1v) is 10.5. The molecule has 142 valence electrons. The highest BCUT2D eigenvalue weighted by atomic mass is 32.2. The van der Waals surface area contributed by atoms with E-state index in [9.17, 15) is 13.2 Å². The molecule has 5 nitrogen and oxygen atoms in total. The Labute approximate surface area is 160 Å². The molecule has 0 saturated carbocycles. The van der Waals surface area contributed by atoms with Crippen molar-refractivity contribution < 1.29 is 17.9 Å². The molecule has 3 rings (SSSR count). The predicted molar refractivity (Wildman–Crippen MR) is 108 cm³/mol. The lowest BCUT2D eigenvalue weighted by Gasteiger charge is -2.31. The van der Waals surface area contributed by atoms with Gasteiger partial charge in [0.15, 0.2) is 0 Å². The van der Waals surface area contributed by atoms with Crippen molar-refractivity contribution >= 4 is 27.8 Å². The molecule has 0 spiro atoms. The zero-order chi connectivity index (χ0) is 19.8. The van der Waals surface area contributed by atoms with E-state index in [1.165, 1.54) is 16.6 Å². The number of fused-ring (bicyclic) bond motifs is 3. The zero-order valence-corrected chi connectivity index (χ0v) is 16.7. The molecule has 1 aliphatic heterocycles. The minimum atomic E-state index is -3.40. The van der Waals surface area contributed by atoms with Crippen LogP contribution in [-0.2, 0) is 26.1 Å². The van der Waals surface area contributed by atoms with Crippen molar-refractivity contribution in [1.29, 1.82) is 0 Å². The van der Waals surface area contributed by atoms with E-state index >= 15 is 0 Å². The summed E-state index contributed by atoms with van der Waals surface area (Å²) >= 11 is 0. The summed E-state index contributed by atoms with van der Waals surface area (Å²) < 4.78 is 31.2. The van der Waals surface area contributed by atoms with Crippen molar-refractivity contribution in [3.63, 3.8) is 0 Å². The monoisotopic (exact) mass is 385 g/mol. The van der Waals surface area contributed by atoms with Crippen molar-refractivity contribution in [3.8, 4) is 11.1 Å². The number of ether oxygens (including phenoxy) is 1. The second kappa shape index (κ2) is 6.85. The van der Waals surface area contributed by atoms with Gasteiger partial charge in [-0.1, -0.05) is 30.3 Å². The molecule has 0 aliphatic carbocycles. The minimum absolute atomic E-state index is 0.315. The van der Waals surface area contributed by atoms with Crippen LogP contribution in [0.4, 0.5) is 5.69 Å². The van der Waals surface area contributed by atoms with Crippen molar-refractivity contribution in [2.24, 2.45) is 0 Å². The Bertz CT molecular complexity index is 1020. The Morgan fingerprint density at radius 1 is 1.11 bits per heavy atom. The van der Waals surface area contributed by atoms with Gasteiger partial charge in [0.25, 0.3) is 0 Å². The standard InChI is InChI=1S/C21H23NO4S/c1-21(2,3)26-20(23)12-10-15-9-11-19-18(13-15)17-8-6-5-7-16(17)14-22(19)27(4,24)25/h5-13H,14H2,1-4H3/b12-10+. The van der Waals surface area contributed by atoms with E-state index in [-0.39, 0.29) is 0 Å². The molecule has 1 aliphatic rings. The molecule has 0 unspecified atom stereocenters. The fourth-order valence-corrected chi connectivity index (χ4v) is 3.94. The van der Waals surface area contributed by atoms with Gasteiger partial charge in [-0.25, -0.2) is 13.2 Å². The number of hydrogen-bond donors (Lipinski definition) is 0. The lowest BCUT2D eigenvalue weighted by molar-refractivity contribution is -0.148. The summed E-state index contributed by atoms with van der Waals surface area (Å²) in [5.74, 6) is -0.418. The number of nitrogens with zero attached hydrogens (tertiary/aromatic N) is 1. The quantitative estimate of drug-likeness (QED) is 0.592. The SMILES string of the molecule is CC(C)(C)OC(=O)/C=C/c1ccc2c(c1)-c1ccccc1CN2S(C)(=O)=O. The van der Waals surface area contributed by atoms with Crippen LogP contribution in [0.25, 0.3) is 17.2 Å². The second-order valence-electron chi connectivity index (χ2n) is 7.57. The van der Waals surface area contributed by atoms with Crippen LogP contribution in [0.2, 0.25) is 0 Å². The molecule has 0 atom stereocenters. The van der Waals surface area contributed by atoms with Gasteiger partial charge in [0.05, 0.1) is 18.5 Å². The largest absolute Gasteiger partial charge is 0.457 e. The van der Waals surface area contributed by atoms with E-state index in [1.807, 2.05) is 51.1 Å². The Kier molecular flexibility index (Phi) is 4.86. The molecule has 0 bridgehead atoms. The normalized spacial score (nSPS) is 14.0. The minimum Gasteiger partial charge on any atom is -0.457 e. The highest BCUT2D eigenvalue weighted by Gasteiger charge is 2.27. The van der Waals surface area contributed by atoms with Crippen LogP contribution in [0.1, 0.15) is 31.9 Å². The summed E-state index contributed by atoms with van der Waals surface area (Å²) in [7, 11) is -3.40. The smallest absolute Gasteiger partial charge is 0.331 e. The summed E-state index contributed by atoms with van der Waals surface area (Å²) in [4.78, 5) is 11.9.